The molecule has 2 aromatic heterocycles. The van der Waals surface area contributed by atoms with Crippen LogP contribution in [0.5, 0.6) is 0 Å². The lowest BCUT2D eigenvalue weighted by molar-refractivity contribution is 0.342. The first-order valence-electron chi connectivity index (χ1n) is 4.62. The monoisotopic (exact) mass is 236 g/mol. The van der Waals surface area contributed by atoms with Crippen molar-refractivity contribution in [2.45, 2.75) is 0 Å². The van der Waals surface area contributed by atoms with Gasteiger partial charge in [0.25, 0.3) is 0 Å². The van der Waals surface area contributed by atoms with Gasteiger partial charge >= 0.3 is 0 Å². The van der Waals surface area contributed by atoms with Crippen LogP contribution < -0.4 is 0 Å². The van der Waals surface area contributed by atoms with E-state index in [0.717, 1.165) is 17.2 Å². The Balaban J connectivity index is 2.30. The molecule has 2 heterocycles. The van der Waals surface area contributed by atoms with Crippen LogP contribution in [0, 0.1) is 0 Å². The number of nitrogens with zero attached hydrogens (tertiary/aromatic N) is 2. The molecule has 3 nitrogen and oxygen atoms in total. The molecule has 0 aliphatic heterocycles. The van der Waals surface area contributed by atoms with Crippen LogP contribution in [0.25, 0.3) is 17.0 Å². The number of aromatic nitrogens is 2. The molecule has 0 bridgehead atoms. The van der Waals surface area contributed by atoms with E-state index in [1.54, 1.807) is 18.5 Å². The predicted octanol–water partition coefficient (Wildman–Crippen LogP) is 2.51. The average molecular weight is 236 g/mol. The molecular weight excluding hydrogens is 227 g/mol. The average Bonchev–Trinajstić information content (AvgIpc) is 2.80. The third kappa shape index (κ3) is 2.32. The zero-order chi connectivity index (χ0) is 11.4. The van der Waals surface area contributed by atoms with Gasteiger partial charge in [-0.3, -0.25) is 0 Å². The maximum absolute atomic E-state index is 13.3. The number of hydrogen-bond donors (Lipinski definition) is 1. The van der Waals surface area contributed by atoms with E-state index in [9.17, 15) is 4.39 Å². The Labute approximate surface area is 95.9 Å². The van der Waals surface area contributed by atoms with E-state index in [1.807, 2.05) is 5.38 Å². The number of thiophene rings is 1. The highest BCUT2D eigenvalue weighted by molar-refractivity contribution is 7.11. The van der Waals surface area contributed by atoms with Crippen LogP contribution in [0.2, 0.25) is 0 Å². The standard InChI is InChI=1S/C11H9FN2OS/c12-10(1-2-15)11-3-8(6-16-11)9-4-13-7-14-5-9/h1,3-7,15H,2H2/b10-1-. The molecule has 1 N–H and O–H groups in total. The Kier molecular flexibility index (Phi) is 3.38. The summed E-state index contributed by atoms with van der Waals surface area (Å²) in [6.07, 6.45) is 5.93. The molecule has 0 radical (unpaired) electrons. The smallest absolute Gasteiger partial charge is 0.138 e. The largest absolute Gasteiger partial charge is 0.392 e. The zero-order valence-electron chi connectivity index (χ0n) is 8.30. The molecule has 2 rings (SSSR count). The van der Waals surface area contributed by atoms with Gasteiger partial charge in [0.15, 0.2) is 0 Å². The first kappa shape index (κ1) is 10.9. The van der Waals surface area contributed by atoms with Gasteiger partial charge in [0.2, 0.25) is 0 Å². The fourth-order valence-electron chi connectivity index (χ4n) is 1.24. The van der Waals surface area contributed by atoms with Gasteiger partial charge in [-0.05, 0) is 23.1 Å². The number of aliphatic hydroxyl groups is 1. The van der Waals surface area contributed by atoms with Gasteiger partial charge < -0.3 is 5.11 Å². The SMILES string of the molecule is OC/C=C(\F)c1cc(-c2cncnc2)cs1. The van der Waals surface area contributed by atoms with Gasteiger partial charge in [0, 0.05) is 18.0 Å². The Morgan fingerprint density at radius 2 is 2.12 bits per heavy atom. The van der Waals surface area contributed by atoms with Crippen molar-refractivity contribution in [3.63, 3.8) is 0 Å². The van der Waals surface area contributed by atoms with Crippen LogP contribution in [-0.4, -0.2) is 21.7 Å². The Morgan fingerprint density at radius 3 is 2.81 bits per heavy atom. The lowest BCUT2D eigenvalue weighted by Gasteiger charge is -1.93. The van der Waals surface area contributed by atoms with Crippen molar-refractivity contribution in [1.29, 1.82) is 0 Å². The molecule has 0 aliphatic rings. The van der Waals surface area contributed by atoms with Gasteiger partial charge in [-0.25, -0.2) is 14.4 Å². The number of hydrogen-bond acceptors (Lipinski definition) is 4. The molecule has 0 aliphatic carbocycles. The van der Waals surface area contributed by atoms with Crippen LogP contribution in [0.15, 0.2) is 36.2 Å². The topological polar surface area (TPSA) is 46.0 Å². The van der Waals surface area contributed by atoms with E-state index < -0.39 is 5.83 Å². The summed E-state index contributed by atoms with van der Waals surface area (Å²) >= 11 is 1.28. The van der Waals surface area contributed by atoms with E-state index in [-0.39, 0.29) is 6.61 Å². The third-order valence-corrected chi connectivity index (χ3v) is 2.94. The second kappa shape index (κ2) is 4.96. The van der Waals surface area contributed by atoms with Gasteiger partial charge in [-0.1, -0.05) is 0 Å². The summed E-state index contributed by atoms with van der Waals surface area (Å²) in [7, 11) is 0. The van der Waals surface area contributed by atoms with Crippen LogP contribution in [0.4, 0.5) is 4.39 Å². The van der Waals surface area contributed by atoms with Crippen molar-refractivity contribution >= 4 is 17.2 Å². The van der Waals surface area contributed by atoms with Crippen LogP contribution in [-0.2, 0) is 0 Å². The Hall–Kier alpha value is -1.59. The molecule has 0 atom stereocenters. The van der Waals surface area contributed by atoms with Gasteiger partial charge in [0.05, 0.1) is 11.5 Å². The highest BCUT2D eigenvalue weighted by atomic mass is 32.1. The summed E-state index contributed by atoms with van der Waals surface area (Å²) < 4.78 is 13.3. The zero-order valence-corrected chi connectivity index (χ0v) is 9.12. The van der Waals surface area contributed by atoms with Gasteiger partial charge in [-0.2, -0.15) is 0 Å². The van der Waals surface area contributed by atoms with Crippen molar-refractivity contribution in [3.05, 3.63) is 41.1 Å². The normalized spacial score (nSPS) is 11.8. The molecule has 5 heteroatoms. The maximum atomic E-state index is 13.3. The Morgan fingerprint density at radius 1 is 1.38 bits per heavy atom. The summed E-state index contributed by atoms with van der Waals surface area (Å²) in [5.41, 5.74) is 1.73. The molecule has 0 fully saturated rings. The van der Waals surface area contributed by atoms with Crippen LogP contribution in [0.3, 0.4) is 0 Å². The van der Waals surface area contributed by atoms with Crippen LogP contribution >= 0.6 is 11.3 Å². The maximum Gasteiger partial charge on any atom is 0.138 e. The van der Waals surface area contributed by atoms with E-state index in [4.69, 9.17) is 5.11 Å². The predicted molar refractivity (Wildman–Crippen MR) is 61.5 cm³/mol. The minimum absolute atomic E-state index is 0.298. The van der Waals surface area contributed by atoms with E-state index in [1.165, 1.54) is 17.7 Å². The van der Waals surface area contributed by atoms with Crippen LogP contribution in [0.1, 0.15) is 4.88 Å². The quantitative estimate of drug-likeness (QED) is 0.890. The summed E-state index contributed by atoms with van der Waals surface area (Å²) in [6, 6.07) is 1.71. The number of halogens is 1. The van der Waals surface area contributed by atoms with Gasteiger partial charge in [0.1, 0.15) is 12.2 Å². The fraction of sp³-hybridized carbons (Fsp3) is 0.0909. The fourth-order valence-corrected chi connectivity index (χ4v) is 2.09. The van der Waals surface area contributed by atoms with Crippen molar-refractivity contribution in [1.82, 2.24) is 9.97 Å². The van der Waals surface area contributed by atoms with Crippen molar-refractivity contribution in [3.8, 4) is 11.1 Å². The molecule has 0 saturated heterocycles. The van der Waals surface area contributed by atoms with E-state index in [2.05, 4.69) is 9.97 Å². The minimum Gasteiger partial charge on any atom is -0.392 e. The first-order valence-corrected chi connectivity index (χ1v) is 5.50. The summed E-state index contributed by atoms with van der Waals surface area (Å²) in [4.78, 5) is 8.29. The second-order valence-electron chi connectivity index (χ2n) is 3.06. The molecular formula is C11H9FN2OS. The highest BCUT2D eigenvalue weighted by Gasteiger charge is 2.06. The molecule has 0 spiro atoms. The van der Waals surface area contributed by atoms with Crippen molar-refractivity contribution in [2.75, 3.05) is 6.61 Å². The molecule has 82 valence electrons. The molecule has 0 saturated carbocycles. The van der Waals surface area contributed by atoms with Gasteiger partial charge in [-0.15, -0.1) is 11.3 Å². The van der Waals surface area contributed by atoms with E-state index in [0.29, 0.717) is 4.88 Å². The lowest BCUT2D eigenvalue weighted by atomic mass is 10.2. The summed E-state index contributed by atoms with van der Waals surface area (Å²) in [5.74, 6) is -0.407. The van der Waals surface area contributed by atoms with Crippen molar-refractivity contribution < 1.29 is 9.50 Å². The molecule has 16 heavy (non-hydrogen) atoms. The Bertz CT molecular complexity index is 496. The molecule has 0 aromatic carbocycles. The summed E-state index contributed by atoms with van der Waals surface area (Å²) in [6.45, 7) is -0.298. The number of rotatable bonds is 3. The first-order chi connectivity index (χ1) is 7.81. The molecule has 0 amide bonds. The molecule has 2 aromatic rings. The van der Waals surface area contributed by atoms with Crippen molar-refractivity contribution in [2.24, 2.45) is 0 Å². The minimum atomic E-state index is -0.407. The second-order valence-corrected chi connectivity index (χ2v) is 3.97. The molecule has 0 unspecified atom stereocenters. The summed E-state index contributed by atoms with van der Waals surface area (Å²) in [5, 5.41) is 10.4. The number of aliphatic hydroxyl groups excluding tert-OH is 1. The lowest BCUT2D eigenvalue weighted by Crippen LogP contribution is -1.79. The third-order valence-electron chi connectivity index (χ3n) is 2.00. The highest BCUT2D eigenvalue weighted by Crippen LogP contribution is 2.29. The van der Waals surface area contributed by atoms with E-state index >= 15 is 0 Å².